The monoisotopic (exact) mass is 152 g/mol. The summed E-state index contributed by atoms with van der Waals surface area (Å²) in [6.45, 7) is 0. The fourth-order valence-electron chi connectivity index (χ4n) is 0.837. The first kappa shape index (κ1) is 5.68. The molecule has 1 heterocycles. The molecule has 0 radical (unpaired) electrons. The average Bonchev–Trinajstić information content (AvgIpc) is 2.36. The molecule has 50 valence electrons. The van der Waals surface area contributed by atoms with E-state index in [9.17, 15) is 4.79 Å². The smallest absolute Gasteiger partial charge is 0.190 e. The second kappa shape index (κ2) is 1.95. The van der Waals surface area contributed by atoms with Crippen LogP contribution in [-0.4, -0.2) is 0 Å². The van der Waals surface area contributed by atoms with E-state index in [0.29, 0.717) is 11.3 Å². The number of rotatable bonds is 0. The van der Waals surface area contributed by atoms with Gasteiger partial charge in [0.2, 0.25) is 0 Å². The minimum Gasteiger partial charge on any atom is -0.401 e. The molecule has 2 nitrogen and oxygen atoms in total. The lowest BCUT2D eigenvalue weighted by atomic mass is 10.2. The van der Waals surface area contributed by atoms with Crippen LogP contribution in [0.1, 0.15) is 0 Å². The molecule has 0 atom stereocenters. The normalized spacial score (nSPS) is 10.4. The van der Waals surface area contributed by atoms with Gasteiger partial charge in [-0.3, -0.25) is 4.79 Å². The molecule has 2 aliphatic rings. The Bertz CT molecular complexity index is 360. The third kappa shape index (κ3) is 0.675. The van der Waals surface area contributed by atoms with E-state index in [1.807, 2.05) is 0 Å². The summed E-state index contributed by atoms with van der Waals surface area (Å²) in [4.78, 5) is 11.0. The highest BCUT2D eigenvalue weighted by Crippen LogP contribution is 2.20. The number of benzene rings is 1. The lowest BCUT2D eigenvalue weighted by Crippen LogP contribution is -1.99. The van der Waals surface area contributed by atoms with Crippen LogP contribution in [-0.2, 0) is 0 Å². The predicted octanol–water partition coefficient (Wildman–Crippen LogP) is 1.81. The molecule has 2 rings (SSSR count). The second-order valence-corrected chi connectivity index (χ2v) is 2.56. The highest BCUT2D eigenvalue weighted by Gasteiger charge is 2.06. The number of hydrogen-bond donors (Lipinski definition) is 0. The maximum atomic E-state index is 11.0. The molecule has 0 fully saturated rings. The molecule has 0 aromatic carbocycles. The summed E-state index contributed by atoms with van der Waals surface area (Å²) < 4.78 is 5.04. The van der Waals surface area contributed by atoms with Crippen LogP contribution in [0.4, 0.5) is 0 Å². The zero-order valence-corrected chi connectivity index (χ0v) is 5.85. The number of fused-ring (bicyclic) bond motifs is 1. The van der Waals surface area contributed by atoms with Crippen LogP contribution in [0.2, 0.25) is 0 Å². The molecular formula is C7H4O2S. The van der Waals surface area contributed by atoms with Crippen molar-refractivity contribution < 1.29 is 3.85 Å². The van der Waals surface area contributed by atoms with Gasteiger partial charge in [-0.25, -0.2) is 0 Å². The van der Waals surface area contributed by atoms with Crippen LogP contribution in [0.3, 0.4) is 0 Å². The summed E-state index contributed by atoms with van der Waals surface area (Å²) in [6, 6.07) is 5.01. The molecule has 1 aliphatic carbocycles. The van der Waals surface area contributed by atoms with Gasteiger partial charge in [-0.15, -0.1) is 0 Å². The van der Waals surface area contributed by atoms with E-state index in [2.05, 4.69) is 0 Å². The molecule has 0 bridgehead atoms. The molecule has 3 heteroatoms. The molecule has 0 saturated carbocycles. The minimum absolute atomic E-state index is 0.0301. The van der Waals surface area contributed by atoms with E-state index < -0.39 is 0 Å². The third-order valence-electron chi connectivity index (χ3n) is 1.33. The zero-order chi connectivity index (χ0) is 6.97. The van der Waals surface area contributed by atoms with E-state index in [1.165, 1.54) is 17.7 Å². The Balaban J connectivity index is 2.93. The molecule has 0 aromatic rings. The van der Waals surface area contributed by atoms with Crippen LogP contribution < -0.4 is 5.43 Å². The topological polar surface area (TPSA) is 30.2 Å². The van der Waals surface area contributed by atoms with Gasteiger partial charge in [-0.05, 0) is 12.1 Å². The molecule has 0 aromatic heterocycles. The summed E-state index contributed by atoms with van der Waals surface area (Å²) >= 11 is 1.19. The van der Waals surface area contributed by atoms with Crippen LogP contribution in [0.5, 0.6) is 0 Å². The highest BCUT2D eigenvalue weighted by atomic mass is 32.1. The van der Waals surface area contributed by atoms with Gasteiger partial charge < -0.3 is 3.85 Å². The highest BCUT2D eigenvalue weighted by molar-refractivity contribution is 7.01. The van der Waals surface area contributed by atoms with Crippen molar-refractivity contribution in [2.45, 2.75) is 0 Å². The van der Waals surface area contributed by atoms with Gasteiger partial charge in [0, 0.05) is 17.0 Å². The van der Waals surface area contributed by atoms with Crippen molar-refractivity contribution in [3.8, 4) is 11.3 Å². The van der Waals surface area contributed by atoms with Crippen molar-refractivity contribution in [1.29, 1.82) is 0 Å². The van der Waals surface area contributed by atoms with Crippen molar-refractivity contribution in [2.75, 3.05) is 0 Å². The van der Waals surface area contributed by atoms with Crippen molar-refractivity contribution in [2.24, 2.45) is 0 Å². The van der Waals surface area contributed by atoms with Gasteiger partial charge in [0.15, 0.2) is 11.2 Å². The van der Waals surface area contributed by atoms with E-state index in [-0.39, 0.29) is 5.43 Å². The first-order valence-electron chi connectivity index (χ1n) is 2.84. The van der Waals surface area contributed by atoms with Crippen molar-refractivity contribution in [3.05, 3.63) is 33.8 Å². The Morgan fingerprint density at radius 2 is 2.30 bits per heavy atom. The Kier molecular flexibility index (Phi) is 1.11. The lowest BCUT2D eigenvalue weighted by molar-refractivity contribution is 0.708. The molecule has 1 aliphatic heterocycles. The first-order chi connectivity index (χ1) is 4.88. The second-order valence-electron chi connectivity index (χ2n) is 1.97. The lowest BCUT2D eigenvalue weighted by Gasteiger charge is -1.87. The van der Waals surface area contributed by atoms with E-state index >= 15 is 0 Å². The summed E-state index contributed by atoms with van der Waals surface area (Å²) in [5, 5.41) is 1.72. The summed E-state index contributed by atoms with van der Waals surface area (Å²) in [7, 11) is 0. The quantitative estimate of drug-likeness (QED) is 0.576. The summed E-state index contributed by atoms with van der Waals surface area (Å²) in [5.74, 6) is 0.678. The molecule has 0 amide bonds. The molecule has 0 saturated heterocycles. The van der Waals surface area contributed by atoms with E-state index in [0.717, 1.165) is 0 Å². The molecule has 0 spiro atoms. The maximum Gasteiger partial charge on any atom is 0.190 e. The van der Waals surface area contributed by atoms with Gasteiger partial charge in [-0.1, -0.05) is 6.07 Å². The predicted molar refractivity (Wildman–Crippen MR) is 39.5 cm³/mol. The molecular weight excluding hydrogens is 148 g/mol. The van der Waals surface area contributed by atoms with Crippen molar-refractivity contribution >= 4 is 11.6 Å². The van der Waals surface area contributed by atoms with Crippen LogP contribution in [0.15, 0.2) is 32.2 Å². The summed E-state index contributed by atoms with van der Waals surface area (Å²) in [5.41, 5.74) is 0.704. The Morgan fingerprint density at radius 1 is 1.40 bits per heavy atom. The minimum atomic E-state index is 0.0301. The van der Waals surface area contributed by atoms with Crippen LogP contribution >= 0.6 is 11.6 Å². The Hall–Kier alpha value is -1.09. The van der Waals surface area contributed by atoms with E-state index in [4.69, 9.17) is 3.85 Å². The molecule has 10 heavy (non-hydrogen) atoms. The SMILES string of the molecule is O=c1cccc2oscc1-2. The standard InChI is InChI=1S/C7H4O2S/c8-6-2-1-3-7-5(6)4-10-9-7/h1-4H. The van der Waals surface area contributed by atoms with Crippen molar-refractivity contribution in [1.82, 2.24) is 0 Å². The largest absolute Gasteiger partial charge is 0.401 e. The molecule has 0 N–H and O–H groups in total. The van der Waals surface area contributed by atoms with Gasteiger partial charge in [0.25, 0.3) is 0 Å². The van der Waals surface area contributed by atoms with E-state index in [1.54, 1.807) is 17.5 Å². The number of hydrogen-bond acceptors (Lipinski definition) is 3. The third-order valence-corrected chi connectivity index (χ3v) is 1.94. The zero-order valence-electron chi connectivity index (χ0n) is 5.03. The van der Waals surface area contributed by atoms with Crippen LogP contribution in [0, 0.1) is 0 Å². The van der Waals surface area contributed by atoms with Crippen molar-refractivity contribution in [3.63, 3.8) is 0 Å². The van der Waals surface area contributed by atoms with Gasteiger partial charge in [0.1, 0.15) is 0 Å². The first-order valence-corrected chi connectivity index (χ1v) is 3.65. The average molecular weight is 152 g/mol. The van der Waals surface area contributed by atoms with Gasteiger partial charge in [0.05, 0.1) is 5.56 Å². The maximum absolute atomic E-state index is 11.0. The fraction of sp³-hybridized carbons (Fsp3) is 0. The Labute approximate surface area is 61.3 Å². The Morgan fingerprint density at radius 3 is 3.10 bits per heavy atom. The van der Waals surface area contributed by atoms with Gasteiger partial charge in [-0.2, -0.15) is 0 Å². The molecule has 0 unspecified atom stereocenters. The fourth-order valence-corrected chi connectivity index (χ4v) is 1.46. The summed E-state index contributed by atoms with van der Waals surface area (Å²) in [6.07, 6.45) is 0. The van der Waals surface area contributed by atoms with Crippen LogP contribution in [0.25, 0.3) is 11.3 Å². The van der Waals surface area contributed by atoms with Gasteiger partial charge >= 0.3 is 0 Å².